The van der Waals surface area contributed by atoms with Crippen LogP contribution in [0, 0.1) is 17.3 Å². The van der Waals surface area contributed by atoms with E-state index in [1.807, 2.05) is 30.3 Å². The first-order valence-electron chi connectivity index (χ1n) is 9.95. The molecule has 0 bridgehead atoms. The number of carbonyl (C=O) groups excluding carboxylic acids is 2. The summed E-state index contributed by atoms with van der Waals surface area (Å²) < 4.78 is 36.0. The number of ether oxygens (including phenoxy) is 2. The Morgan fingerprint density at radius 2 is 1.42 bits per heavy atom. The van der Waals surface area contributed by atoms with Crippen LogP contribution in [-0.2, 0) is 28.9 Å². The predicted molar refractivity (Wildman–Crippen MR) is 118 cm³/mol. The molecule has 0 aromatic heterocycles. The van der Waals surface area contributed by atoms with Gasteiger partial charge in [0.1, 0.15) is 0 Å². The molecular weight excluding hydrogens is 436 g/mol. The zero-order chi connectivity index (χ0) is 22.5. The van der Waals surface area contributed by atoms with Crippen molar-refractivity contribution in [2.24, 2.45) is 17.3 Å². The summed E-state index contributed by atoms with van der Waals surface area (Å²) in [5.74, 6) is -1.48. The molecule has 8 heteroatoms. The minimum atomic E-state index is -3.59. The van der Waals surface area contributed by atoms with Gasteiger partial charge in [0.2, 0.25) is 0 Å². The number of thioether (sulfide) groups is 1. The van der Waals surface area contributed by atoms with E-state index in [9.17, 15) is 18.0 Å². The number of benzene rings is 2. The van der Waals surface area contributed by atoms with Crippen LogP contribution in [0.25, 0.3) is 0 Å². The third kappa shape index (κ3) is 5.13. The zero-order valence-corrected chi connectivity index (χ0v) is 19.2. The fraction of sp³-hybridized carbons (Fsp3) is 0.391. The van der Waals surface area contributed by atoms with Crippen LogP contribution in [-0.4, -0.2) is 46.1 Å². The van der Waals surface area contributed by atoms with Crippen molar-refractivity contribution >= 4 is 33.5 Å². The minimum Gasteiger partial charge on any atom is -0.468 e. The van der Waals surface area contributed by atoms with Gasteiger partial charge in [-0.3, -0.25) is 9.59 Å². The Morgan fingerprint density at radius 1 is 0.903 bits per heavy atom. The van der Waals surface area contributed by atoms with E-state index in [4.69, 9.17) is 9.47 Å². The number of hydrogen-bond acceptors (Lipinski definition) is 7. The molecule has 6 nitrogen and oxygen atoms in total. The summed E-state index contributed by atoms with van der Waals surface area (Å²) in [6, 6.07) is 18.0. The largest absolute Gasteiger partial charge is 0.468 e. The second-order valence-corrected chi connectivity index (χ2v) is 10.8. The minimum absolute atomic E-state index is 0.0818. The average Bonchev–Trinajstić information content (AvgIpc) is 3.16. The maximum absolute atomic E-state index is 13.1. The second-order valence-electron chi connectivity index (χ2n) is 7.71. The van der Waals surface area contributed by atoms with Gasteiger partial charge in [-0.05, 0) is 48.9 Å². The van der Waals surface area contributed by atoms with Gasteiger partial charge in [-0.2, -0.15) is 0 Å². The SMILES string of the molecule is COC(=O)C1(C(=O)OC)C[C@@H](CSc2ccccc2)[C@@H](CS(=O)(=O)c2ccccc2)C1. The van der Waals surface area contributed by atoms with Gasteiger partial charge in [0.25, 0.3) is 0 Å². The summed E-state index contributed by atoms with van der Waals surface area (Å²) >= 11 is 1.58. The van der Waals surface area contributed by atoms with Gasteiger partial charge in [-0.25, -0.2) is 8.42 Å². The predicted octanol–water partition coefficient (Wildman–Crippen LogP) is 3.61. The number of esters is 2. The van der Waals surface area contributed by atoms with Crippen LogP contribution in [0.3, 0.4) is 0 Å². The Balaban J connectivity index is 1.90. The molecule has 1 fully saturated rings. The summed E-state index contributed by atoms with van der Waals surface area (Å²) in [6.45, 7) is 0. The fourth-order valence-corrected chi connectivity index (χ4v) is 7.10. The highest BCUT2D eigenvalue weighted by molar-refractivity contribution is 7.99. The molecule has 0 heterocycles. The molecule has 2 atom stereocenters. The molecule has 2 aromatic carbocycles. The van der Waals surface area contributed by atoms with Crippen LogP contribution in [0.5, 0.6) is 0 Å². The van der Waals surface area contributed by atoms with Gasteiger partial charge in [0.05, 0.1) is 24.9 Å². The summed E-state index contributed by atoms with van der Waals surface area (Å²) in [6.07, 6.45) is 0.277. The first-order valence-corrected chi connectivity index (χ1v) is 12.6. The smallest absolute Gasteiger partial charge is 0.323 e. The van der Waals surface area contributed by atoms with Crippen LogP contribution in [0.4, 0.5) is 0 Å². The Bertz CT molecular complexity index is 989. The standard InChI is InChI=1S/C23H26O6S2/c1-28-21(24)23(22(25)29-2)13-17(15-30-19-9-5-3-6-10-19)18(14-23)16-31(26,27)20-11-7-4-8-12-20/h3-12,17-18H,13-16H2,1-2H3/t17-,18+/m0/s1. The highest BCUT2D eigenvalue weighted by atomic mass is 32.2. The molecule has 1 saturated carbocycles. The maximum Gasteiger partial charge on any atom is 0.323 e. The normalized spacial score (nSPS) is 20.2. The topological polar surface area (TPSA) is 86.7 Å². The molecule has 2 aromatic rings. The molecule has 166 valence electrons. The van der Waals surface area contributed by atoms with Crippen LogP contribution >= 0.6 is 11.8 Å². The van der Waals surface area contributed by atoms with Crippen LogP contribution in [0.1, 0.15) is 12.8 Å². The Morgan fingerprint density at radius 3 is 1.97 bits per heavy atom. The van der Waals surface area contributed by atoms with Crippen molar-refractivity contribution in [1.82, 2.24) is 0 Å². The number of rotatable bonds is 8. The van der Waals surface area contributed by atoms with Crippen molar-refractivity contribution < 1.29 is 27.5 Å². The van der Waals surface area contributed by atoms with Gasteiger partial charge < -0.3 is 9.47 Å². The Kier molecular flexibility index (Phi) is 7.43. The summed E-state index contributed by atoms with van der Waals surface area (Å²) in [5.41, 5.74) is -1.48. The average molecular weight is 463 g/mol. The molecule has 3 rings (SSSR count). The van der Waals surface area contributed by atoms with Gasteiger partial charge in [-0.15, -0.1) is 11.8 Å². The van der Waals surface area contributed by atoms with Crippen LogP contribution < -0.4 is 0 Å². The maximum atomic E-state index is 13.1. The van der Waals surface area contributed by atoms with Crippen molar-refractivity contribution in [2.45, 2.75) is 22.6 Å². The lowest BCUT2D eigenvalue weighted by Crippen LogP contribution is -2.39. The first-order chi connectivity index (χ1) is 14.8. The molecule has 31 heavy (non-hydrogen) atoms. The van der Waals surface area contributed by atoms with E-state index in [-0.39, 0.29) is 35.3 Å². The molecule has 0 radical (unpaired) electrons. The molecular formula is C23H26O6S2. The first kappa shape index (κ1) is 23.3. The van der Waals surface area contributed by atoms with E-state index in [0.29, 0.717) is 5.75 Å². The van der Waals surface area contributed by atoms with Crippen molar-refractivity contribution in [3.63, 3.8) is 0 Å². The van der Waals surface area contributed by atoms with E-state index in [1.54, 1.807) is 42.1 Å². The molecule has 0 aliphatic heterocycles. The van der Waals surface area contributed by atoms with E-state index in [1.165, 1.54) is 14.2 Å². The Hall–Kier alpha value is -2.32. The fourth-order valence-electron chi connectivity index (χ4n) is 4.24. The number of carbonyl (C=O) groups is 2. The number of methoxy groups -OCH3 is 2. The third-order valence-corrected chi connectivity index (χ3v) is 8.84. The van der Waals surface area contributed by atoms with Crippen LogP contribution in [0.15, 0.2) is 70.5 Å². The molecule has 0 amide bonds. The van der Waals surface area contributed by atoms with E-state index < -0.39 is 27.2 Å². The lowest BCUT2D eigenvalue weighted by Gasteiger charge is -2.23. The van der Waals surface area contributed by atoms with E-state index >= 15 is 0 Å². The zero-order valence-electron chi connectivity index (χ0n) is 17.5. The number of sulfone groups is 1. The number of hydrogen-bond donors (Lipinski definition) is 0. The van der Waals surface area contributed by atoms with Crippen molar-refractivity contribution in [3.8, 4) is 0 Å². The second kappa shape index (κ2) is 9.87. The highest BCUT2D eigenvalue weighted by Crippen LogP contribution is 2.49. The highest BCUT2D eigenvalue weighted by Gasteiger charge is 2.57. The lowest BCUT2D eigenvalue weighted by atomic mass is 9.85. The molecule has 0 unspecified atom stereocenters. The Labute approximate surface area is 187 Å². The summed E-state index contributed by atoms with van der Waals surface area (Å²) in [5, 5.41) is 0. The van der Waals surface area contributed by atoms with E-state index in [2.05, 4.69) is 0 Å². The van der Waals surface area contributed by atoms with Gasteiger partial charge in [0.15, 0.2) is 15.3 Å². The molecule has 0 spiro atoms. The van der Waals surface area contributed by atoms with Crippen LogP contribution in [0.2, 0.25) is 0 Å². The third-order valence-electron chi connectivity index (χ3n) is 5.78. The molecule has 1 aliphatic rings. The van der Waals surface area contributed by atoms with Crippen molar-refractivity contribution in [2.75, 3.05) is 25.7 Å². The van der Waals surface area contributed by atoms with Gasteiger partial charge in [0, 0.05) is 10.6 Å². The summed E-state index contributed by atoms with van der Waals surface area (Å²) in [7, 11) is -1.13. The lowest BCUT2D eigenvalue weighted by molar-refractivity contribution is -0.169. The van der Waals surface area contributed by atoms with Crippen molar-refractivity contribution in [3.05, 3.63) is 60.7 Å². The molecule has 1 aliphatic carbocycles. The summed E-state index contributed by atoms with van der Waals surface area (Å²) in [4.78, 5) is 26.6. The van der Waals surface area contributed by atoms with E-state index in [0.717, 1.165) is 4.90 Å². The molecule has 0 N–H and O–H groups in total. The molecule has 0 saturated heterocycles. The van der Waals surface area contributed by atoms with Gasteiger partial charge >= 0.3 is 11.9 Å². The van der Waals surface area contributed by atoms with Crippen molar-refractivity contribution in [1.29, 1.82) is 0 Å². The van der Waals surface area contributed by atoms with Gasteiger partial charge in [-0.1, -0.05) is 36.4 Å². The quantitative estimate of drug-likeness (QED) is 0.336. The monoisotopic (exact) mass is 462 g/mol.